The van der Waals surface area contributed by atoms with Crippen molar-refractivity contribution in [1.82, 2.24) is 18.3 Å². The Bertz CT molecular complexity index is 5760. The van der Waals surface area contributed by atoms with Gasteiger partial charge in [0, 0.05) is 133 Å². The van der Waals surface area contributed by atoms with Crippen molar-refractivity contribution in [2.24, 2.45) is 28.2 Å². The summed E-state index contributed by atoms with van der Waals surface area (Å²) in [5.74, 6) is 1.45. The van der Waals surface area contributed by atoms with Gasteiger partial charge in [0.15, 0.2) is 0 Å². The predicted molar refractivity (Wildman–Crippen MR) is 454 cm³/mol. The Kier molecular flexibility index (Phi) is 24.2. The van der Waals surface area contributed by atoms with Crippen LogP contribution in [0.5, 0.6) is 0 Å². The maximum absolute atomic E-state index is 12.2. The van der Waals surface area contributed by atoms with Crippen molar-refractivity contribution in [2.75, 3.05) is 0 Å². The monoisotopic (exact) mass is 1480 g/mol. The number of benzene rings is 8. The molecule has 0 bridgehead atoms. The van der Waals surface area contributed by atoms with Crippen LogP contribution in [0.4, 0.5) is 0 Å². The molecule has 0 amide bonds. The molecular weight excluding hydrogens is 1390 g/mol. The molecule has 0 saturated heterocycles. The number of aromatic nitrogens is 4. The Morgan fingerprint density at radius 2 is 0.714 bits per heavy atom. The Hall–Kier alpha value is -12.3. The summed E-state index contributed by atoms with van der Waals surface area (Å²) in [6.07, 6.45) is 25.7. The van der Waals surface area contributed by atoms with Gasteiger partial charge in [0.25, 0.3) is 22.2 Å². The van der Waals surface area contributed by atoms with E-state index in [1.165, 1.54) is 55.6 Å². The Balaban J connectivity index is 0.000000131. The number of hydrogen-bond donors (Lipinski definition) is 0. The van der Waals surface area contributed by atoms with E-state index in [1.807, 2.05) is 125 Å². The van der Waals surface area contributed by atoms with Crippen molar-refractivity contribution >= 4 is 47.4 Å². The molecule has 4 heterocycles. The molecule has 0 N–H and O–H groups in total. The molecule has 16 rings (SSSR count). The van der Waals surface area contributed by atoms with Crippen LogP contribution in [0.1, 0.15) is 150 Å². The summed E-state index contributed by atoms with van der Waals surface area (Å²) in [5, 5.41) is 0. The van der Waals surface area contributed by atoms with E-state index < -0.39 is 0 Å². The number of fused-ring (bicyclic) bond motifs is 4. The highest BCUT2D eigenvalue weighted by atomic mass is 16.2. The van der Waals surface area contributed by atoms with Crippen molar-refractivity contribution in [3.63, 3.8) is 0 Å². The summed E-state index contributed by atoms with van der Waals surface area (Å²) in [4.78, 5) is 96.4. The topological polar surface area (TPSA) is 156 Å². The highest BCUT2D eigenvalue weighted by Crippen LogP contribution is 2.41. The molecule has 4 aliphatic carbocycles. The first-order valence-electron chi connectivity index (χ1n) is 38.9. The standard InChI is InChI=1S/2C25H25NO2.2C25H23NO2/c1-16-13-20(15-26(3)25(16)28)23-11-9-19-14-21(27)10-12-22(19)24(23)17(2)18-7-5-4-6-8-18;2*1-17-14-20(16-26(2)25(17)28)23-12-9-19-15-21(27)10-13-22(19)24(23)11-8-18-6-4-3-5-7-18;1-17-12-22(16-26(2)25(17)28)24-15-19-10-11-23(27)14-21(19)13-20(24)9-8-18-6-4-3-5-7-18/h4-9,11,13,15,17H,10,12,14H2,1-3H3;3-7,9,12,14,16H,8,10-11,13,15H2,1-2H3;3-9,11-12,14,16H,10,13,15H2,1-2H3;3-9,12-13,15-16H,10-11,14H2,1-2H3/b;;11-8+;9-8+. The summed E-state index contributed by atoms with van der Waals surface area (Å²) in [6.45, 7) is 9.67. The average molecular weight is 1480 g/mol. The molecule has 0 fully saturated rings. The second-order valence-electron chi connectivity index (χ2n) is 30.5. The zero-order chi connectivity index (χ0) is 78.9. The van der Waals surface area contributed by atoms with Crippen LogP contribution in [-0.2, 0) is 112 Å². The average Bonchev–Trinajstić information content (AvgIpc) is 0.893. The minimum atomic E-state index is 0.0219. The first kappa shape index (κ1) is 77.9. The number of ketones is 4. The molecule has 1 unspecified atom stereocenters. The molecule has 0 radical (unpaired) electrons. The highest BCUT2D eigenvalue weighted by molar-refractivity contribution is 5.90. The molecule has 4 aromatic heterocycles. The lowest BCUT2D eigenvalue weighted by Crippen LogP contribution is -2.19. The third-order valence-electron chi connectivity index (χ3n) is 22.4. The Morgan fingerprint density at radius 1 is 0.330 bits per heavy atom. The van der Waals surface area contributed by atoms with Gasteiger partial charge in [0.2, 0.25) is 0 Å². The largest absolute Gasteiger partial charge is 0.318 e. The van der Waals surface area contributed by atoms with Gasteiger partial charge in [0.05, 0.1) is 0 Å². The maximum Gasteiger partial charge on any atom is 0.253 e. The molecular formula is C100H96N4O8. The second-order valence-corrected chi connectivity index (χ2v) is 30.5. The third-order valence-corrected chi connectivity index (χ3v) is 22.4. The summed E-state index contributed by atoms with van der Waals surface area (Å²) >= 11 is 0. The third kappa shape index (κ3) is 17.9. The predicted octanol–water partition coefficient (Wildman–Crippen LogP) is 18.0. The lowest BCUT2D eigenvalue weighted by Gasteiger charge is -2.26. The van der Waals surface area contributed by atoms with Gasteiger partial charge in [-0.3, -0.25) is 38.4 Å². The van der Waals surface area contributed by atoms with E-state index >= 15 is 0 Å². The lowest BCUT2D eigenvalue weighted by atomic mass is 9.78. The van der Waals surface area contributed by atoms with E-state index in [9.17, 15) is 38.4 Å². The molecule has 1 atom stereocenters. The van der Waals surface area contributed by atoms with Gasteiger partial charge < -0.3 is 18.3 Å². The lowest BCUT2D eigenvalue weighted by molar-refractivity contribution is -0.119. The SMILES string of the molecule is Cc1cc(-c2cc3c(cc2/C=C/c2ccccc2)CC(=O)CC3)cn(C)c1=O.Cc1cc(-c2ccc3c(c2/C=C/c2ccccc2)CCC(=O)C3)cn(C)c1=O.Cc1cc(-c2ccc3c(c2C(C)c2ccccc2)CCC(=O)C3)cn(C)c1=O.Cc1cc(-c2ccc3c(c2CCc2ccccc2)CCC(=O)C3)cn(C)c1=O. The summed E-state index contributed by atoms with van der Waals surface area (Å²) < 4.78 is 6.59. The number of nitrogens with zero attached hydrogens (tertiary/aromatic N) is 4. The minimum Gasteiger partial charge on any atom is -0.318 e. The van der Waals surface area contributed by atoms with E-state index in [1.54, 1.807) is 46.5 Å². The normalized spacial score (nSPS) is 13.9. The minimum absolute atomic E-state index is 0.0219. The van der Waals surface area contributed by atoms with Crippen LogP contribution in [0, 0.1) is 27.7 Å². The van der Waals surface area contributed by atoms with Crippen molar-refractivity contribution in [3.8, 4) is 44.5 Å². The smallest absolute Gasteiger partial charge is 0.253 e. The molecule has 12 heteroatoms. The number of pyridine rings is 4. The number of carbonyl (C=O) groups is 4. The number of rotatable bonds is 13. The van der Waals surface area contributed by atoms with Crippen LogP contribution in [-0.4, -0.2) is 41.4 Å². The van der Waals surface area contributed by atoms with Gasteiger partial charge in [-0.25, -0.2) is 0 Å². The second kappa shape index (κ2) is 34.7. The zero-order valence-corrected chi connectivity index (χ0v) is 65.6. The van der Waals surface area contributed by atoms with Crippen molar-refractivity contribution in [2.45, 2.75) is 130 Å². The summed E-state index contributed by atoms with van der Waals surface area (Å²) in [6, 6.07) is 66.2. The molecule has 564 valence electrons. The zero-order valence-electron chi connectivity index (χ0n) is 65.6. The number of carbonyl (C=O) groups excluding carboxylic acids is 4. The first-order valence-corrected chi connectivity index (χ1v) is 38.9. The van der Waals surface area contributed by atoms with Crippen molar-refractivity contribution in [3.05, 3.63) is 372 Å². The van der Waals surface area contributed by atoms with Gasteiger partial charge in [-0.05, 0) is 224 Å². The van der Waals surface area contributed by atoms with Crippen molar-refractivity contribution < 1.29 is 19.2 Å². The van der Waals surface area contributed by atoms with E-state index in [4.69, 9.17) is 0 Å². The fourth-order valence-corrected chi connectivity index (χ4v) is 16.5. The van der Waals surface area contributed by atoms with E-state index in [-0.39, 0.29) is 28.2 Å². The van der Waals surface area contributed by atoms with Crippen molar-refractivity contribution in [1.29, 1.82) is 0 Å². The van der Waals surface area contributed by atoms with Crippen LogP contribution in [0.2, 0.25) is 0 Å². The quantitative estimate of drug-likeness (QED) is 0.103. The van der Waals surface area contributed by atoms with Gasteiger partial charge in [-0.15, -0.1) is 0 Å². The van der Waals surface area contributed by atoms with Gasteiger partial charge in [-0.2, -0.15) is 0 Å². The van der Waals surface area contributed by atoms with E-state index in [2.05, 4.69) is 153 Å². The molecule has 8 aromatic carbocycles. The molecule has 0 aliphatic heterocycles. The van der Waals surface area contributed by atoms with Crippen LogP contribution < -0.4 is 22.2 Å². The van der Waals surface area contributed by atoms with Crippen LogP contribution in [0.25, 0.3) is 68.8 Å². The molecule has 0 spiro atoms. The van der Waals surface area contributed by atoms with Gasteiger partial charge in [-0.1, -0.05) is 201 Å². The summed E-state index contributed by atoms with van der Waals surface area (Å²) in [5.41, 5.74) is 31.1. The van der Waals surface area contributed by atoms with Crippen LogP contribution in [0.3, 0.4) is 0 Å². The maximum atomic E-state index is 12.2. The van der Waals surface area contributed by atoms with Crippen LogP contribution >= 0.6 is 0 Å². The fourth-order valence-electron chi connectivity index (χ4n) is 16.5. The molecule has 0 saturated carbocycles. The van der Waals surface area contributed by atoms with E-state index in [0.717, 1.165) is 139 Å². The van der Waals surface area contributed by atoms with Gasteiger partial charge >= 0.3 is 0 Å². The highest BCUT2D eigenvalue weighted by Gasteiger charge is 2.28. The number of aryl methyl sites for hydroxylation is 10. The number of hydrogen-bond acceptors (Lipinski definition) is 8. The van der Waals surface area contributed by atoms with Gasteiger partial charge in [0.1, 0.15) is 23.1 Å². The number of Topliss-reactive ketones (excluding diaryl/α,β-unsaturated/α-hetero) is 4. The van der Waals surface area contributed by atoms with E-state index in [0.29, 0.717) is 74.5 Å². The Labute approximate surface area is 655 Å². The first-order chi connectivity index (χ1) is 54.0. The molecule has 12 nitrogen and oxygen atoms in total. The molecule has 4 aliphatic rings. The molecule has 112 heavy (non-hydrogen) atoms. The molecule has 12 aromatic rings. The summed E-state index contributed by atoms with van der Waals surface area (Å²) in [7, 11) is 7.18. The van der Waals surface area contributed by atoms with Crippen LogP contribution in [0.15, 0.2) is 238 Å². The fraction of sp³-hybridized carbons (Fsp3) is 0.240. The Morgan fingerprint density at radius 3 is 1.21 bits per heavy atom.